The van der Waals surface area contributed by atoms with Crippen molar-refractivity contribution in [2.45, 2.75) is 27.3 Å². The van der Waals surface area contributed by atoms with Crippen LogP contribution in [0.2, 0.25) is 0 Å². The lowest BCUT2D eigenvalue weighted by Gasteiger charge is -2.29. The summed E-state index contributed by atoms with van der Waals surface area (Å²) in [6, 6.07) is 2.77. The number of anilines is 1. The van der Waals surface area contributed by atoms with Crippen LogP contribution in [-0.2, 0) is 11.3 Å². The predicted octanol–water partition coefficient (Wildman–Crippen LogP) is 3.18. The van der Waals surface area contributed by atoms with E-state index >= 15 is 0 Å². The first-order valence-corrected chi connectivity index (χ1v) is 7.13. The van der Waals surface area contributed by atoms with Gasteiger partial charge in [0.2, 0.25) is 0 Å². The topological polar surface area (TPSA) is 24.5 Å². The summed E-state index contributed by atoms with van der Waals surface area (Å²) in [5.41, 5.74) is 0.591. The van der Waals surface area contributed by atoms with Crippen molar-refractivity contribution in [3.8, 4) is 0 Å². The Hall–Kier alpha value is -1.20. The van der Waals surface area contributed by atoms with Gasteiger partial charge in [0, 0.05) is 33.8 Å². The Bertz CT molecular complexity index is 435. The number of nitrogens with one attached hydrogen (secondary N) is 1. The quantitative estimate of drug-likeness (QED) is 0.783. The summed E-state index contributed by atoms with van der Waals surface area (Å²) in [6.45, 7) is 8.31. The second kappa shape index (κ2) is 7.71. The molecule has 0 saturated carbocycles. The van der Waals surface area contributed by atoms with E-state index in [9.17, 15) is 8.78 Å². The maximum atomic E-state index is 14.2. The summed E-state index contributed by atoms with van der Waals surface area (Å²) in [6.07, 6.45) is 0. The van der Waals surface area contributed by atoms with E-state index in [-0.39, 0.29) is 11.1 Å². The minimum absolute atomic E-state index is 0.0329. The molecule has 0 aliphatic heterocycles. The Morgan fingerprint density at radius 3 is 2.24 bits per heavy atom. The summed E-state index contributed by atoms with van der Waals surface area (Å²) >= 11 is 0. The second-order valence-corrected chi connectivity index (χ2v) is 6.49. The number of rotatable bonds is 7. The van der Waals surface area contributed by atoms with Crippen molar-refractivity contribution in [2.24, 2.45) is 5.41 Å². The molecule has 0 aliphatic rings. The summed E-state index contributed by atoms with van der Waals surface area (Å²) < 4.78 is 33.3. The van der Waals surface area contributed by atoms with Gasteiger partial charge in [-0.1, -0.05) is 20.8 Å². The molecule has 5 heteroatoms. The van der Waals surface area contributed by atoms with Crippen LogP contribution in [0.1, 0.15) is 26.3 Å². The molecule has 0 aromatic heterocycles. The Morgan fingerprint density at radius 1 is 1.19 bits per heavy atom. The fourth-order valence-electron chi connectivity index (χ4n) is 2.28. The largest absolute Gasteiger partial charge is 0.383 e. The van der Waals surface area contributed by atoms with E-state index in [1.54, 1.807) is 19.1 Å². The van der Waals surface area contributed by atoms with Gasteiger partial charge in [-0.05, 0) is 23.1 Å². The number of hydrogen-bond acceptors (Lipinski definition) is 3. The molecule has 0 unspecified atom stereocenters. The summed E-state index contributed by atoms with van der Waals surface area (Å²) in [4.78, 5) is 1.63. The van der Waals surface area contributed by atoms with Crippen LogP contribution < -0.4 is 10.2 Å². The zero-order valence-corrected chi connectivity index (χ0v) is 13.6. The maximum absolute atomic E-state index is 14.2. The monoisotopic (exact) mass is 300 g/mol. The van der Waals surface area contributed by atoms with Gasteiger partial charge < -0.3 is 15.0 Å². The Morgan fingerprint density at radius 2 is 1.76 bits per heavy atom. The molecule has 1 aromatic carbocycles. The Labute approximate surface area is 126 Å². The molecule has 0 saturated heterocycles. The molecule has 0 amide bonds. The van der Waals surface area contributed by atoms with Crippen molar-refractivity contribution >= 4 is 5.69 Å². The summed E-state index contributed by atoms with van der Waals surface area (Å²) in [7, 11) is 3.32. The highest BCUT2D eigenvalue weighted by Crippen LogP contribution is 2.27. The van der Waals surface area contributed by atoms with Crippen LogP contribution in [0, 0.1) is 17.0 Å². The number of benzene rings is 1. The molecule has 3 nitrogen and oxygen atoms in total. The lowest BCUT2D eigenvalue weighted by atomic mass is 9.96. The SMILES string of the molecule is COCCNCc1cc(F)c(N(C)CC(C)(C)C)c(F)c1. The molecular weight excluding hydrogens is 274 g/mol. The molecule has 0 spiro atoms. The minimum atomic E-state index is -0.523. The fourth-order valence-corrected chi connectivity index (χ4v) is 2.28. The van der Waals surface area contributed by atoms with Crippen LogP contribution in [0.4, 0.5) is 14.5 Å². The highest BCUT2D eigenvalue weighted by Gasteiger charge is 2.20. The first-order valence-electron chi connectivity index (χ1n) is 7.13. The molecule has 0 heterocycles. The summed E-state index contributed by atoms with van der Waals surface area (Å²) in [5.74, 6) is -1.05. The average Bonchev–Trinajstić information content (AvgIpc) is 2.31. The van der Waals surface area contributed by atoms with Crippen molar-refractivity contribution in [3.63, 3.8) is 0 Å². The third kappa shape index (κ3) is 5.98. The van der Waals surface area contributed by atoms with Gasteiger partial charge >= 0.3 is 0 Å². The molecule has 21 heavy (non-hydrogen) atoms. The number of hydrogen-bond donors (Lipinski definition) is 1. The van der Waals surface area contributed by atoms with E-state index in [1.807, 2.05) is 20.8 Å². The third-order valence-corrected chi connectivity index (χ3v) is 2.98. The molecule has 1 aromatic rings. The van der Waals surface area contributed by atoms with E-state index in [0.717, 1.165) is 0 Å². The molecule has 0 radical (unpaired) electrons. The van der Waals surface area contributed by atoms with Gasteiger partial charge in [-0.25, -0.2) is 8.78 Å². The van der Waals surface area contributed by atoms with Gasteiger partial charge in [-0.2, -0.15) is 0 Å². The Balaban J connectivity index is 2.80. The second-order valence-electron chi connectivity index (χ2n) is 6.49. The van der Waals surface area contributed by atoms with Crippen molar-refractivity contribution in [1.29, 1.82) is 0 Å². The standard InChI is InChI=1S/C16H26F2N2O/c1-16(2,3)11-20(4)15-13(17)8-12(9-14(15)18)10-19-6-7-21-5/h8-9,19H,6-7,10-11H2,1-5H3. The fraction of sp³-hybridized carbons (Fsp3) is 0.625. The van der Waals surface area contributed by atoms with Crippen LogP contribution in [0.3, 0.4) is 0 Å². The first-order chi connectivity index (χ1) is 9.74. The number of nitrogens with zero attached hydrogens (tertiary/aromatic N) is 1. The molecule has 0 atom stereocenters. The molecule has 0 aliphatic carbocycles. The molecule has 120 valence electrons. The van der Waals surface area contributed by atoms with E-state index in [2.05, 4.69) is 5.32 Å². The normalized spacial score (nSPS) is 11.8. The van der Waals surface area contributed by atoms with Gasteiger partial charge in [0.25, 0.3) is 0 Å². The average molecular weight is 300 g/mol. The van der Waals surface area contributed by atoms with E-state index in [4.69, 9.17) is 4.74 Å². The van der Waals surface area contributed by atoms with Crippen molar-refractivity contribution in [2.75, 3.05) is 38.8 Å². The summed E-state index contributed by atoms with van der Waals surface area (Å²) in [5, 5.41) is 3.07. The zero-order valence-electron chi connectivity index (χ0n) is 13.6. The molecule has 0 bridgehead atoms. The lowest BCUT2D eigenvalue weighted by molar-refractivity contribution is 0.199. The van der Waals surface area contributed by atoms with Crippen LogP contribution in [-0.4, -0.2) is 33.9 Å². The van der Waals surface area contributed by atoms with Crippen molar-refractivity contribution in [1.82, 2.24) is 5.32 Å². The number of methoxy groups -OCH3 is 1. The van der Waals surface area contributed by atoms with Crippen LogP contribution in [0.15, 0.2) is 12.1 Å². The molecular formula is C16H26F2N2O. The third-order valence-electron chi connectivity index (χ3n) is 2.98. The highest BCUT2D eigenvalue weighted by atomic mass is 19.1. The van der Waals surface area contributed by atoms with Crippen LogP contribution in [0.25, 0.3) is 0 Å². The first kappa shape index (κ1) is 17.9. The van der Waals surface area contributed by atoms with Gasteiger partial charge in [0.05, 0.1) is 6.61 Å². The predicted molar refractivity (Wildman–Crippen MR) is 82.7 cm³/mol. The van der Waals surface area contributed by atoms with E-state index < -0.39 is 11.6 Å². The molecule has 0 fully saturated rings. The zero-order chi connectivity index (χ0) is 16.0. The lowest BCUT2D eigenvalue weighted by Crippen LogP contribution is -2.30. The maximum Gasteiger partial charge on any atom is 0.149 e. The highest BCUT2D eigenvalue weighted by molar-refractivity contribution is 5.50. The van der Waals surface area contributed by atoms with Crippen LogP contribution in [0.5, 0.6) is 0 Å². The number of halogens is 2. The minimum Gasteiger partial charge on any atom is -0.383 e. The van der Waals surface area contributed by atoms with Gasteiger partial charge in [-0.3, -0.25) is 0 Å². The van der Waals surface area contributed by atoms with E-state index in [1.165, 1.54) is 12.1 Å². The smallest absolute Gasteiger partial charge is 0.149 e. The van der Waals surface area contributed by atoms with Crippen molar-refractivity contribution < 1.29 is 13.5 Å². The van der Waals surface area contributed by atoms with Crippen LogP contribution >= 0.6 is 0 Å². The number of ether oxygens (including phenoxy) is 1. The van der Waals surface area contributed by atoms with Crippen molar-refractivity contribution in [3.05, 3.63) is 29.3 Å². The molecule has 1 rings (SSSR count). The van der Waals surface area contributed by atoms with Gasteiger partial charge in [0.15, 0.2) is 0 Å². The Kier molecular flexibility index (Phi) is 6.55. The van der Waals surface area contributed by atoms with Gasteiger partial charge in [0.1, 0.15) is 17.3 Å². The van der Waals surface area contributed by atoms with Gasteiger partial charge in [-0.15, -0.1) is 0 Å². The molecule has 1 N–H and O–H groups in total. The van der Waals surface area contributed by atoms with E-state index in [0.29, 0.717) is 31.8 Å².